The number of nitrogens with zero attached hydrogens (tertiary/aromatic N) is 1. The number of rotatable bonds is 8. The Labute approximate surface area is 111 Å². The van der Waals surface area contributed by atoms with Crippen molar-refractivity contribution in [1.29, 1.82) is 0 Å². The second-order valence-corrected chi connectivity index (χ2v) is 4.96. The Morgan fingerprint density at radius 3 is 2.72 bits per heavy atom. The van der Waals surface area contributed by atoms with Crippen LogP contribution in [0.3, 0.4) is 0 Å². The van der Waals surface area contributed by atoms with Gasteiger partial charge in [0.05, 0.1) is 6.61 Å². The molecule has 0 radical (unpaired) electrons. The normalized spacial score (nSPS) is 21.2. The van der Waals surface area contributed by atoms with Crippen LogP contribution in [0.15, 0.2) is 0 Å². The van der Waals surface area contributed by atoms with Gasteiger partial charge in [0, 0.05) is 12.6 Å². The summed E-state index contributed by atoms with van der Waals surface area (Å²) < 4.78 is 5.19. The molecule has 1 heterocycles. The molecule has 1 aliphatic rings. The number of carbonyl (C=O) groups is 1. The van der Waals surface area contributed by atoms with Crippen LogP contribution in [-0.4, -0.2) is 49.2 Å². The molecule has 1 fully saturated rings. The minimum Gasteiger partial charge on any atom is -0.465 e. The van der Waals surface area contributed by atoms with E-state index < -0.39 is 0 Å². The summed E-state index contributed by atoms with van der Waals surface area (Å²) in [7, 11) is 0. The van der Waals surface area contributed by atoms with Gasteiger partial charge < -0.3 is 10.1 Å². The van der Waals surface area contributed by atoms with Crippen LogP contribution in [0.4, 0.5) is 0 Å². The molecule has 2 unspecified atom stereocenters. The quantitative estimate of drug-likeness (QED) is 0.672. The average molecular weight is 256 g/mol. The smallest absolute Gasteiger partial charge is 0.323 e. The second kappa shape index (κ2) is 8.48. The Bertz CT molecular complexity index is 240. The molecule has 2 atom stereocenters. The first kappa shape index (κ1) is 15.4. The van der Waals surface area contributed by atoms with Crippen LogP contribution >= 0.6 is 0 Å². The van der Waals surface area contributed by atoms with Gasteiger partial charge in [-0.3, -0.25) is 9.69 Å². The van der Waals surface area contributed by atoms with Crippen molar-refractivity contribution in [3.05, 3.63) is 0 Å². The molecule has 0 spiro atoms. The maximum absolute atomic E-state index is 12.0. The molecule has 4 nitrogen and oxygen atoms in total. The largest absolute Gasteiger partial charge is 0.465 e. The molecule has 106 valence electrons. The van der Waals surface area contributed by atoms with Gasteiger partial charge in [-0.1, -0.05) is 13.8 Å². The van der Waals surface area contributed by atoms with Gasteiger partial charge in [0.2, 0.25) is 0 Å². The first-order chi connectivity index (χ1) is 8.72. The van der Waals surface area contributed by atoms with Crippen LogP contribution in [0.1, 0.15) is 46.5 Å². The molecule has 0 aromatic heterocycles. The van der Waals surface area contributed by atoms with Gasteiger partial charge in [-0.15, -0.1) is 0 Å². The van der Waals surface area contributed by atoms with Crippen molar-refractivity contribution in [3.8, 4) is 0 Å². The zero-order valence-corrected chi connectivity index (χ0v) is 12.1. The standard InChI is InChI=1S/C14H28N2O2/c1-4-10-16(11-12-8-7-9-15-12)13(5-2)14(17)18-6-3/h12-13,15H,4-11H2,1-3H3. The predicted octanol–water partition coefficient (Wildman–Crippen LogP) is 1.79. The number of carbonyl (C=O) groups excluding carboxylic acids is 1. The summed E-state index contributed by atoms with van der Waals surface area (Å²) in [4.78, 5) is 14.3. The number of hydrogen-bond donors (Lipinski definition) is 1. The van der Waals surface area contributed by atoms with E-state index in [1.54, 1.807) is 0 Å². The number of hydrogen-bond acceptors (Lipinski definition) is 4. The zero-order valence-electron chi connectivity index (χ0n) is 12.1. The zero-order chi connectivity index (χ0) is 13.4. The second-order valence-electron chi connectivity index (χ2n) is 4.96. The molecular weight excluding hydrogens is 228 g/mol. The summed E-state index contributed by atoms with van der Waals surface area (Å²) in [6, 6.07) is 0.465. The van der Waals surface area contributed by atoms with Gasteiger partial charge in [-0.05, 0) is 45.7 Å². The van der Waals surface area contributed by atoms with E-state index in [1.807, 2.05) is 6.92 Å². The van der Waals surface area contributed by atoms with E-state index in [-0.39, 0.29) is 12.0 Å². The fourth-order valence-electron chi connectivity index (χ4n) is 2.67. The summed E-state index contributed by atoms with van der Waals surface area (Å²) in [6.07, 6.45) is 4.37. The van der Waals surface area contributed by atoms with Crippen molar-refractivity contribution in [1.82, 2.24) is 10.2 Å². The average Bonchev–Trinajstić information content (AvgIpc) is 2.83. The summed E-state index contributed by atoms with van der Waals surface area (Å²) in [5, 5.41) is 3.50. The van der Waals surface area contributed by atoms with Crippen LogP contribution in [0.2, 0.25) is 0 Å². The molecule has 0 bridgehead atoms. The highest BCUT2D eigenvalue weighted by Gasteiger charge is 2.27. The lowest BCUT2D eigenvalue weighted by molar-refractivity contribution is -0.149. The summed E-state index contributed by atoms with van der Waals surface area (Å²) >= 11 is 0. The van der Waals surface area contributed by atoms with Gasteiger partial charge in [-0.25, -0.2) is 0 Å². The lowest BCUT2D eigenvalue weighted by Crippen LogP contribution is -2.47. The number of ether oxygens (including phenoxy) is 1. The SMILES string of the molecule is CCCN(CC1CCCN1)C(CC)C(=O)OCC. The molecule has 1 rings (SSSR count). The molecule has 0 aliphatic carbocycles. The molecule has 1 saturated heterocycles. The maximum atomic E-state index is 12.0. The van der Waals surface area contributed by atoms with Crippen molar-refractivity contribution < 1.29 is 9.53 Å². The van der Waals surface area contributed by atoms with E-state index in [4.69, 9.17) is 4.74 Å². The monoisotopic (exact) mass is 256 g/mol. The van der Waals surface area contributed by atoms with Crippen molar-refractivity contribution >= 4 is 5.97 Å². The van der Waals surface area contributed by atoms with Gasteiger partial charge in [0.15, 0.2) is 0 Å². The number of nitrogens with one attached hydrogen (secondary N) is 1. The van der Waals surface area contributed by atoms with Gasteiger partial charge in [-0.2, -0.15) is 0 Å². The minimum atomic E-state index is -0.0766. The highest BCUT2D eigenvalue weighted by atomic mass is 16.5. The van der Waals surface area contributed by atoms with E-state index in [0.29, 0.717) is 12.6 Å². The Balaban J connectivity index is 2.57. The topological polar surface area (TPSA) is 41.6 Å². The van der Waals surface area contributed by atoms with Gasteiger partial charge in [0.25, 0.3) is 0 Å². The van der Waals surface area contributed by atoms with E-state index in [2.05, 4.69) is 24.1 Å². The molecule has 0 aromatic carbocycles. The fourth-order valence-corrected chi connectivity index (χ4v) is 2.67. The van der Waals surface area contributed by atoms with E-state index >= 15 is 0 Å². The Kier molecular flexibility index (Phi) is 7.28. The molecule has 1 N–H and O–H groups in total. The van der Waals surface area contributed by atoms with E-state index in [9.17, 15) is 4.79 Å². The third-order valence-corrected chi connectivity index (χ3v) is 3.51. The Hall–Kier alpha value is -0.610. The highest BCUT2D eigenvalue weighted by molar-refractivity contribution is 5.75. The molecule has 0 aromatic rings. The third-order valence-electron chi connectivity index (χ3n) is 3.51. The summed E-state index contributed by atoms with van der Waals surface area (Å²) in [5.41, 5.74) is 0. The molecule has 18 heavy (non-hydrogen) atoms. The summed E-state index contributed by atoms with van der Waals surface area (Å²) in [5.74, 6) is -0.0635. The van der Waals surface area contributed by atoms with Crippen LogP contribution < -0.4 is 5.32 Å². The van der Waals surface area contributed by atoms with Crippen molar-refractivity contribution in [2.75, 3.05) is 26.2 Å². The van der Waals surface area contributed by atoms with E-state index in [1.165, 1.54) is 12.8 Å². The van der Waals surface area contributed by atoms with E-state index in [0.717, 1.165) is 32.5 Å². The van der Waals surface area contributed by atoms with Crippen LogP contribution in [0.5, 0.6) is 0 Å². The molecule has 0 saturated carbocycles. The van der Waals surface area contributed by atoms with Crippen molar-refractivity contribution in [2.45, 2.75) is 58.5 Å². The molecule has 0 amide bonds. The molecule has 1 aliphatic heterocycles. The Morgan fingerprint density at radius 1 is 1.44 bits per heavy atom. The maximum Gasteiger partial charge on any atom is 0.323 e. The summed E-state index contributed by atoms with van der Waals surface area (Å²) in [6.45, 7) is 9.60. The van der Waals surface area contributed by atoms with Crippen LogP contribution in [-0.2, 0) is 9.53 Å². The molecule has 4 heteroatoms. The lowest BCUT2D eigenvalue weighted by atomic mass is 10.1. The number of esters is 1. The minimum absolute atomic E-state index is 0.0635. The van der Waals surface area contributed by atoms with Crippen LogP contribution in [0.25, 0.3) is 0 Å². The van der Waals surface area contributed by atoms with Crippen molar-refractivity contribution in [3.63, 3.8) is 0 Å². The first-order valence-electron chi connectivity index (χ1n) is 7.36. The fraction of sp³-hybridized carbons (Fsp3) is 0.929. The van der Waals surface area contributed by atoms with Crippen LogP contribution in [0, 0.1) is 0 Å². The lowest BCUT2D eigenvalue weighted by Gasteiger charge is -2.31. The molecular formula is C14H28N2O2. The van der Waals surface area contributed by atoms with Gasteiger partial charge in [0.1, 0.15) is 6.04 Å². The van der Waals surface area contributed by atoms with Crippen molar-refractivity contribution in [2.24, 2.45) is 0 Å². The first-order valence-corrected chi connectivity index (χ1v) is 7.36. The predicted molar refractivity (Wildman–Crippen MR) is 73.6 cm³/mol. The third kappa shape index (κ3) is 4.58. The van der Waals surface area contributed by atoms with Gasteiger partial charge >= 0.3 is 5.97 Å². The Morgan fingerprint density at radius 2 is 2.22 bits per heavy atom. The highest BCUT2D eigenvalue weighted by Crippen LogP contribution is 2.13.